The Hall–Kier alpha value is -3.44. The number of nitrogens with zero attached hydrogens (tertiary/aromatic N) is 2. The van der Waals surface area contributed by atoms with E-state index in [9.17, 15) is 14.4 Å². The van der Waals surface area contributed by atoms with Crippen molar-refractivity contribution in [1.82, 2.24) is 10.2 Å². The van der Waals surface area contributed by atoms with Crippen LogP contribution in [0.3, 0.4) is 0 Å². The Morgan fingerprint density at radius 3 is 2.23 bits per heavy atom. The normalized spacial score (nSPS) is 10.3. The van der Waals surface area contributed by atoms with Crippen LogP contribution in [0.1, 0.15) is 17.3 Å². The number of carbonyl (C=O) groups is 3. The standard InChI is InChI=1S/C20H19N5O4S2/c1-12(26)13-3-5-14(6-4-13)21-17(27)11-30-20-25-24-19(31-20)23-18(28)22-15-7-9-16(29-2)10-8-15/h3-10H,11H2,1-2H3,(H,21,27)(H2,22,23,24,28). The van der Waals surface area contributed by atoms with Crippen molar-refractivity contribution in [2.24, 2.45) is 0 Å². The van der Waals surface area contributed by atoms with Gasteiger partial charge >= 0.3 is 6.03 Å². The van der Waals surface area contributed by atoms with E-state index in [1.165, 1.54) is 18.7 Å². The Morgan fingerprint density at radius 2 is 1.58 bits per heavy atom. The molecule has 31 heavy (non-hydrogen) atoms. The van der Waals surface area contributed by atoms with E-state index in [-0.39, 0.29) is 17.4 Å². The van der Waals surface area contributed by atoms with Gasteiger partial charge in [0.25, 0.3) is 0 Å². The number of ketones is 1. The van der Waals surface area contributed by atoms with Crippen molar-refractivity contribution in [3.05, 3.63) is 54.1 Å². The van der Waals surface area contributed by atoms with Gasteiger partial charge in [-0.1, -0.05) is 23.1 Å². The maximum absolute atomic E-state index is 12.1. The second-order valence-corrected chi connectivity index (χ2v) is 8.35. The summed E-state index contributed by atoms with van der Waals surface area (Å²) in [4.78, 5) is 35.5. The van der Waals surface area contributed by atoms with Crippen LogP contribution >= 0.6 is 23.1 Å². The van der Waals surface area contributed by atoms with Gasteiger partial charge in [0.2, 0.25) is 11.0 Å². The molecular weight excluding hydrogens is 438 g/mol. The highest BCUT2D eigenvalue weighted by Gasteiger charge is 2.11. The molecule has 0 radical (unpaired) electrons. The summed E-state index contributed by atoms with van der Waals surface area (Å²) in [6.45, 7) is 1.48. The Kier molecular flexibility index (Phi) is 7.57. The average Bonchev–Trinajstić information content (AvgIpc) is 3.20. The summed E-state index contributed by atoms with van der Waals surface area (Å²) in [7, 11) is 1.57. The molecule has 0 aliphatic rings. The molecule has 1 aromatic heterocycles. The Bertz CT molecular complexity index is 1070. The van der Waals surface area contributed by atoms with E-state index < -0.39 is 6.03 Å². The minimum absolute atomic E-state index is 0.0354. The SMILES string of the molecule is COc1ccc(NC(=O)Nc2nnc(SCC(=O)Nc3ccc(C(C)=O)cc3)s2)cc1. The van der Waals surface area contributed by atoms with Crippen LogP contribution < -0.4 is 20.7 Å². The number of amides is 3. The van der Waals surface area contributed by atoms with Crippen molar-refractivity contribution in [2.45, 2.75) is 11.3 Å². The first kappa shape index (κ1) is 22.2. The monoisotopic (exact) mass is 457 g/mol. The van der Waals surface area contributed by atoms with Gasteiger partial charge in [-0.05, 0) is 55.5 Å². The number of ether oxygens (including phenoxy) is 1. The van der Waals surface area contributed by atoms with Crippen LogP contribution in [-0.2, 0) is 4.79 Å². The number of anilines is 3. The van der Waals surface area contributed by atoms with Gasteiger partial charge in [0, 0.05) is 16.9 Å². The number of carbonyl (C=O) groups excluding carboxylic acids is 3. The lowest BCUT2D eigenvalue weighted by atomic mass is 10.1. The van der Waals surface area contributed by atoms with Crippen LogP contribution in [0.25, 0.3) is 0 Å². The number of rotatable bonds is 8. The number of aromatic nitrogens is 2. The van der Waals surface area contributed by atoms with Crippen LogP contribution in [0.4, 0.5) is 21.3 Å². The Labute approximate surface area is 186 Å². The van der Waals surface area contributed by atoms with Gasteiger partial charge in [-0.3, -0.25) is 14.9 Å². The molecule has 0 atom stereocenters. The van der Waals surface area contributed by atoms with Crippen molar-refractivity contribution >= 4 is 57.3 Å². The molecule has 0 aliphatic carbocycles. The fourth-order valence-corrected chi connectivity index (χ4v) is 3.91. The van der Waals surface area contributed by atoms with Crippen LogP contribution in [-0.4, -0.2) is 40.8 Å². The van der Waals surface area contributed by atoms with E-state index in [1.54, 1.807) is 55.6 Å². The van der Waals surface area contributed by atoms with Gasteiger partial charge in [0.15, 0.2) is 10.1 Å². The number of hydrogen-bond acceptors (Lipinski definition) is 8. The summed E-state index contributed by atoms with van der Waals surface area (Å²) >= 11 is 2.37. The minimum Gasteiger partial charge on any atom is -0.497 e. The van der Waals surface area contributed by atoms with Crippen molar-refractivity contribution in [3.63, 3.8) is 0 Å². The van der Waals surface area contributed by atoms with Crippen LogP contribution in [0.2, 0.25) is 0 Å². The highest BCUT2D eigenvalue weighted by molar-refractivity contribution is 8.01. The zero-order valence-corrected chi connectivity index (χ0v) is 18.3. The molecule has 0 spiro atoms. The molecule has 1 heterocycles. The fourth-order valence-electron chi connectivity index (χ4n) is 2.37. The molecule has 3 aromatic rings. The summed E-state index contributed by atoms with van der Waals surface area (Å²) in [6.07, 6.45) is 0. The third-order valence-corrected chi connectivity index (χ3v) is 5.85. The summed E-state index contributed by atoms with van der Waals surface area (Å²) in [5.74, 6) is 0.560. The molecule has 2 aromatic carbocycles. The first-order valence-electron chi connectivity index (χ1n) is 9.02. The van der Waals surface area contributed by atoms with Crippen LogP contribution in [0.5, 0.6) is 5.75 Å². The second kappa shape index (κ2) is 10.5. The molecule has 3 amide bonds. The van der Waals surface area contributed by atoms with Crippen molar-refractivity contribution in [2.75, 3.05) is 28.8 Å². The zero-order valence-electron chi connectivity index (χ0n) is 16.7. The molecule has 3 N–H and O–H groups in total. The summed E-state index contributed by atoms with van der Waals surface area (Å²) in [6, 6.07) is 13.1. The van der Waals surface area contributed by atoms with Crippen LogP contribution in [0.15, 0.2) is 52.9 Å². The lowest BCUT2D eigenvalue weighted by Crippen LogP contribution is -2.19. The largest absolute Gasteiger partial charge is 0.497 e. The number of urea groups is 1. The number of thioether (sulfide) groups is 1. The predicted octanol–water partition coefficient (Wildman–Crippen LogP) is 4.12. The summed E-state index contributed by atoms with van der Waals surface area (Å²) < 4.78 is 5.61. The summed E-state index contributed by atoms with van der Waals surface area (Å²) in [5.41, 5.74) is 1.79. The number of nitrogens with one attached hydrogen (secondary N) is 3. The first-order chi connectivity index (χ1) is 14.9. The van der Waals surface area contributed by atoms with E-state index in [0.717, 1.165) is 11.3 Å². The third-order valence-electron chi connectivity index (χ3n) is 3.88. The number of Topliss-reactive ketones (excluding diaryl/α,β-unsaturated/α-hetero) is 1. The zero-order chi connectivity index (χ0) is 22.2. The van der Waals surface area contributed by atoms with Gasteiger partial charge in [0.05, 0.1) is 12.9 Å². The highest BCUT2D eigenvalue weighted by Crippen LogP contribution is 2.26. The number of benzene rings is 2. The minimum atomic E-state index is -0.454. The molecule has 0 saturated carbocycles. The Balaban J connectivity index is 1.45. The van der Waals surface area contributed by atoms with E-state index in [4.69, 9.17) is 4.74 Å². The van der Waals surface area contributed by atoms with Crippen LogP contribution in [0, 0.1) is 0 Å². The third kappa shape index (κ3) is 6.79. The molecule has 0 saturated heterocycles. The molecule has 0 bridgehead atoms. The van der Waals surface area contributed by atoms with E-state index in [0.29, 0.717) is 32.2 Å². The molecule has 0 aliphatic heterocycles. The van der Waals surface area contributed by atoms with Gasteiger partial charge in [-0.2, -0.15) is 0 Å². The maximum atomic E-state index is 12.1. The van der Waals surface area contributed by atoms with Gasteiger partial charge < -0.3 is 15.4 Å². The lowest BCUT2D eigenvalue weighted by Gasteiger charge is -2.06. The molecule has 160 valence electrons. The molecule has 0 unspecified atom stereocenters. The molecule has 11 heteroatoms. The topological polar surface area (TPSA) is 122 Å². The second-order valence-electron chi connectivity index (χ2n) is 6.15. The molecule has 3 rings (SSSR count). The van der Waals surface area contributed by atoms with E-state index in [2.05, 4.69) is 26.1 Å². The highest BCUT2D eigenvalue weighted by atomic mass is 32.2. The van der Waals surface area contributed by atoms with Crippen molar-refractivity contribution in [3.8, 4) is 5.75 Å². The van der Waals surface area contributed by atoms with Gasteiger partial charge in [-0.25, -0.2) is 4.79 Å². The molecule has 9 nitrogen and oxygen atoms in total. The predicted molar refractivity (Wildman–Crippen MR) is 121 cm³/mol. The quantitative estimate of drug-likeness (QED) is 0.264. The van der Waals surface area contributed by atoms with Crippen molar-refractivity contribution < 1.29 is 19.1 Å². The maximum Gasteiger partial charge on any atom is 0.325 e. The Morgan fingerprint density at radius 1 is 0.935 bits per heavy atom. The molecule has 0 fully saturated rings. The smallest absolute Gasteiger partial charge is 0.325 e. The molecular formula is C20H19N5O4S2. The lowest BCUT2D eigenvalue weighted by molar-refractivity contribution is -0.113. The van der Waals surface area contributed by atoms with Gasteiger partial charge in [0.1, 0.15) is 5.75 Å². The number of hydrogen-bond donors (Lipinski definition) is 3. The van der Waals surface area contributed by atoms with E-state index >= 15 is 0 Å². The first-order valence-corrected chi connectivity index (χ1v) is 10.8. The summed E-state index contributed by atoms with van der Waals surface area (Å²) in [5, 5.41) is 16.2. The average molecular weight is 458 g/mol. The fraction of sp³-hybridized carbons (Fsp3) is 0.150. The van der Waals surface area contributed by atoms with E-state index in [1.807, 2.05) is 0 Å². The van der Waals surface area contributed by atoms with Gasteiger partial charge in [-0.15, -0.1) is 10.2 Å². The van der Waals surface area contributed by atoms with Crippen molar-refractivity contribution in [1.29, 1.82) is 0 Å². The number of methoxy groups -OCH3 is 1.